The summed E-state index contributed by atoms with van der Waals surface area (Å²) < 4.78 is 5.57. The smallest absolute Gasteiger partial charge is 0.260 e. The Morgan fingerprint density at radius 3 is 2.58 bits per heavy atom. The maximum Gasteiger partial charge on any atom is 0.260 e. The minimum Gasteiger partial charge on any atom is -0.484 e. The van der Waals surface area contributed by atoms with Gasteiger partial charge in [0, 0.05) is 24.0 Å². The predicted octanol–water partition coefficient (Wildman–Crippen LogP) is 2.79. The summed E-state index contributed by atoms with van der Waals surface area (Å²) in [5.74, 6) is 0.758. The second-order valence-corrected chi connectivity index (χ2v) is 7.61. The molecule has 0 unspecified atom stereocenters. The van der Waals surface area contributed by atoms with Gasteiger partial charge < -0.3 is 15.0 Å². The third-order valence-corrected chi connectivity index (χ3v) is 5.39. The number of thiophene rings is 1. The van der Waals surface area contributed by atoms with Crippen LogP contribution in [-0.4, -0.2) is 42.5 Å². The van der Waals surface area contributed by atoms with Gasteiger partial charge in [-0.3, -0.25) is 9.59 Å². The number of ether oxygens (including phenoxy) is 1. The van der Waals surface area contributed by atoms with E-state index in [4.69, 9.17) is 4.74 Å². The van der Waals surface area contributed by atoms with E-state index in [1.165, 1.54) is 0 Å². The van der Waals surface area contributed by atoms with E-state index in [0.29, 0.717) is 25.3 Å². The van der Waals surface area contributed by atoms with Crippen molar-refractivity contribution in [3.05, 3.63) is 52.2 Å². The number of carbonyl (C=O) groups excluding carboxylic acids is 2. The third-order valence-electron chi connectivity index (χ3n) is 4.51. The second-order valence-electron chi connectivity index (χ2n) is 6.58. The summed E-state index contributed by atoms with van der Waals surface area (Å²) in [6.07, 6.45) is 2.00. The van der Waals surface area contributed by atoms with E-state index in [0.717, 1.165) is 23.3 Å². The maximum atomic E-state index is 12.3. The van der Waals surface area contributed by atoms with Gasteiger partial charge in [-0.05, 0) is 43.3 Å². The third kappa shape index (κ3) is 5.33. The molecule has 1 aromatic heterocycles. The molecule has 2 amide bonds. The number of benzene rings is 1. The Morgan fingerprint density at radius 1 is 1.19 bits per heavy atom. The average Bonchev–Trinajstić information content (AvgIpc) is 3.14. The van der Waals surface area contributed by atoms with E-state index in [2.05, 4.69) is 5.32 Å². The van der Waals surface area contributed by atoms with Gasteiger partial charge in [0.25, 0.3) is 5.91 Å². The van der Waals surface area contributed by atoms with Crippen LogP contribution in [0.4, 0.5) is 0 Å². The minimum atomic E-state index is -0.00561. The Kier molecular flexibility index (Phi) is 6.28. The second kappa shape index (κ2) is 8.85. The molecular formula is C20H24N2O3S. The Labute approximate surface area is 158 Å². The highest BCUT2D eigenvalue weighted by Gasteiger charge is 2.24. The monoisotopic (exact) mass is 372 g/mol. The Balaban J connectivity index is 1.38. The molecule has 26 heavy (non-hydrogen) atoms. The number of nitrogens with zero attached hydrogens (tertiary/aromatic N) is 1. The number of aryl methyl sites for hydroxylation is 1. The van der Waals surface area contributed by atoms with E-state index in [1.54, 1.807) is 11.3 Å². The zero-order valence-electron chi connectivity index (χ0n) is 14.9. The Hall–Kier alpha value is -2.34. The molecule has 0 bridgehead atoms. The standard InChI is InChI=1S/C20H24N2O3S/c1-15-4-6-17(7-5-15)25-14-20(24)22-10-8-16(9-11-22)21-19(23)13-18-3-2-12-26-18/h2-7,12,16H,8-11,13-14H2,1H3,(H,21,23). The van der Waals surface area contributed by atoms with Crippen molar-refractivity contribution in [2.45, 2.75) is 32.2 Å². The number of hydrogen-bond acceptors (Lipinski definition) is 4. The first kappa shape index (κ1) is 18.5. The first-order chi connectivity index (χ1) is 12.6. The SMILES string of the molecule is Cc1ccc(OCC(=O)N2CCC(NC(=O)Cc3cccs3)CC2)cc1. The van der Waals surface area contributed by atoms with Gasteiger partial charge in [-0.15, -0.1) is 11.3 Å². The fourth-order valence-electron chi connectivity index (χ4n) is 2.99. The number of nitrogens with one attached hydrogen (secondary N) is 1. The van der Waals surface area contributed by atoms with Crippen molar-refractivity contribution in [2.75, 3.05) is 19.7 Å². The molecule has 0 aliphatic carbocycles. The highest BCUT2D eigenvalue weighted by atomic mass is 32.1. The summed E-state index contributed by atoms with van der Waals surface area (Å²) in [4.78, 5) is 27.3. The van der Waals surface area contributed by atoms with E-state index in [9.17, 15) is 9.59 Å². The van der Waals surface area contributed by atoms with Crippen LogP contribution in [-0.2, 0) is 16.0 Å². The molecule has 138 valence electrons. The number of rotatable bonds is 6. The van der Waals surface area contributed by atoms with Crippen molar-refractivity contribution in [2.24, 2.45) is 0 Å². The van der Waals surface area contributed by atoms with Crippen LogP contribution in [0, 0.1) is 6.92 Å². The normalized spacial score (nSPS) is 14.9. The molecule has 1 aliphatic rings. The summed E-state index contributed by atoms with van der Waals surface area (Å²) in [6.45, 7) is 3.37. The fourth-order valence-corrected chi connectivity index (χ4v) is 3.70. The number of amides is 2. The van der Waals surface area contributed by atoms with Crippen LogP contribution in [0.25, 0.3) is 0 Å². The molecule has 1 saturated heterocycles. The van der Waals surface area contributed by atoms with Gasteiger partial charge in [-0.1, -0.05) is 23.8 Å². The van der Waals surface area contributed by atoms with Gasteiger partial charge in [0.2, 0.25) is 5.91 Å². The molecule has 0 saturated carbocycles. The molecule has 1 aromatic carbocycles. The zero-order valence-corrected chi connectivity index (χ0v) is 15.8. The van der Waals surface area contributed by atoms with E-state index in [-0.39, 0.29) is 24.5 Å². The predicted molar refractivity (Wildman–Crippen MR) is 102 cm³/mol. The molecule has 0 atom stereocenters. The Morgan fingerprint density at radius 2 is 1.92 bits per heavy atom. The van der Waals surface area contributed by atoms with Crippen LogP contribution in [0.15, 0.2) is 41.8 Å². The molecule has 2 aromatic rings. The molecule has 1 N–H and O–H groups in total. The minimum absolute atomic E-state index is 0.00561. The Bertz CT molecular complexity index is 720. The summed E-state index contributed by atoms with van der Waals surface area (Å²) in [5.41, 5.74) is 1.16. The van der Waals surface area contributed by atoms with Crippen molar-refractivity contribution >= 4 is 23.2 Å². The van der Waals surface area contributed by atoms with Crippen molar-refractivity contribution in [1.29, 1.82) is 0 Å². The average molecular weight is 372 g/mol. The number of hydrogen-bond donors (Lipinski definition) is 1. The molecule has 3 rings (SSSR count). The molecule has 5 nitrogen and oxygen atoms in total. The summed E-state index contributed by atoms with van der Waals surface area (Å²) >= 11 is 1.59. The van der Waals surface area contributed by atoms with Crippen molar-refractivity contribution in [3.63, 3.8) is 0 Å². The fraction of sp³-hybridized carbons (Fsp3) is 0.400. The van der Waals surface area contributed by atoms with Gasteiger partial charge in [0.05, 0.1) is 6.42 Å². The van der Waals surface area contributed by atoms with Crippen molar-refractivity contribution in [1.82, 2.24) is 10.2 Å². The van der Waals surface area contributed by atoms with Gasteiger partial charge in [-0.2, -0.15) is 0 Å². The first-order valence-electron chi connectivity index (χ1n) is 8.89. The first-order valence-corrected chi connectivity index (χ1v) is 9.77. The summed E-state index contributed by atoms with van der Waals surface area (Å²) in [5, 5.41) is 5.06. The lowest BCUT2D eigenvalue weighted by Crippen LogP contribution is -2.47. The van der Waals surface area contributed by atoms with Gasteiger partial charge in [0.15, 0.2) is 6.61 Å². The van der Waals surface area contributed by atoms with Gasteiger partial charge in [0.1, 0.15) is 5.75 Å². The summed E-state index contributed by atoms with van der Waals surface area (Å²) in [6, 6.07) is 11.7. The van der Waals surface area contributed by atoms with Gasteiger partial charge in [-0.25, -0.2) is 0 Å². The quantitative estimate of drug-likeness (QED) is 0.848. The van der Waals surface area contributed by atoms with Crippen LogP contribution in [0.3, 0.4) is 0 Å². The lowest BCUT2D eigenvalue weighted by atomic mass is 10.0. The largest absolute Gasteiger partial charge is 0.484 e. The van der Waals surface area contributed by atoms with Crippen LogP contribution < -0.4 is 10.1 Å². The summed E-state index contributed by atoms with van der Waals surface area (Å²) in [7, 11) is 0. The van der Waals surface area contributed by atoms with Gasteiger partial charge >= 0.3 is 0 Å². The zero-order chi connectivity index (χ0) is 18.4. The van der Waals surface area contributed by atoms with Crippen LogP contribution in [0.2, 0.25) is 0 Å². The molecular weight excluding hydrogens is 348 g/mol. The highest BCUT2D eigenvalue weighted by molar-refractivity contribution is 7.10. The molecule has 0 spiro atoms. The number of piperidine rings is 1. The number of carbonyl (C=O) groups is 2. The number of likely N-dealkylation sites (tertiary alicyclic amines) is 1. The van der Waals surface area contributed by atoms with Crippen LogP contribution in [0.1, 0.15) is 23.3 Å². The topological polar surface area (TPSA) is 58.6 Å². The van der Waals surface area contributed by atoms with Crippen LogP contribution in [0.5, 0.6) is 5.75 Å². The maximum absolute atomic E-state index is 12.3. The van der Waals surface area contributed by atoms with E-state index in [1.807, 2.05) is 53.6 Å². The molecule has 1 fully saturated rings. The molecule has 2 heterocycles. The highest BCUT2D eigenvalue weighted by Crippen LogP contribution is 2.14. The van der Waals surface area contributed by atoms with E-state index >= 15 is 0 Å². The van der Waals surface area contributed by atoms with Crippen molar-refractivity contribution in [3.8, 4) is 5.75 Å². The molecule has 0 radical (unpaired) electrons. The van der Waals surface area contributed by atoms with Crippen LogP contribution >= 0.6 is 11.3 Å². The lowest BCUT2D eigenvalue weighted by Gasteiger charge is -2.32. The van der Waals surface area contributed by atoms with Crippen molar-refractivity contribution < 1.29 is 14.3 Å². The van der Waals surface area contributed by atoms with E-state index < -0.39 is 0 Å². The molecule has 1 aliphatic heterocycles. The molecule has 6 heteroatoms. The lowest BCUT2D eigenvalue weighted by molar-refractivity contribution is -0.134.